The Morgan fingerprint density at radius 1 is 1.11 bits per heavy atom. The molecule has 0 aliphatic heterocycles. The monoisotopic (exact) mass is 387 g/mol. The minimum atomic E-state index is -2.84. The fourth-order valence-electron chi connectivity index (χ4n) is 3.81. The standard InChI is InChI=1S/C21H19F2NO4/c22-21(23)10-12(21)9-18(19(25)26)24-20(27)28-11-17-15-7-3-1-5-13(15)14-6-2-4-8-16(14)17/h1-8,12,17-18H,9-11H2,(H,24,27)(H,25,26). The van der Waals surface area contributed by atoms with Crippen molar-refractivity contribution in [1.29, 1.82) is 0 Å². The molecule has 146 valence electrons. The lowest BCUT2D eigenvalue weighted by Gasteiger charge is -2.17. The van der Waals surface area contributed by atoms with Crippen molar-refractivity contribution in [2.24, 2.45) is 5.92 Å². The van der Waals surface area contributed by atoms with Gasteiger partial charge in [0, 0.05) is 18.3 Å². The van der Waals surface area contributed by atoms with Crippen LogP contribution in [-0.2, 0) is 9.53 Å². The van der Waals surface area contributed by atoms with Crippen LogP contribution in [0.3, 0.4) is 0 Å². The predicted octanol–water partition coefficient (Wildman–Crippen LogP) is 4.02. The number of fused-ring (bicyclic) bond motifs is 3. The van der Waals surface area contributed by atoms with Crippen molar-refractivity contribution in [3.63, 3.8) is 0 Å². The topological polar surface area (TPSA) is 75.6 Å². The number of amides is 1. The van der Waals surface area contributed by atoms with Crippen molar-refractivity contribution in [2.45, 2.75) is 30.7 Å². The van der Waals surface area contributed by atoms with Crippen LogP contribution in [0, 0.1) is 5.92 Å². The number of halogens is 2. The van der Waals surface area contributed by atoms with E-state index in [0.717, 1.165) is 22.3 Å². The van der Waals surface area contributed by atoms with E-state index in [4.69, 9.17) is 4.74 Å². The number of nitrogens with one attached hydrogen (secondary N) is 1. The quantitative estimate of drug-likeness (QED) is 0.785. The van der Waals surface area contributed by atoms with Crippen LogP contribution in [0.4, 0.5) is 13.6 Å². The van der Waals surface area contributed by atoms with Crippen LogP contribution < -0.4 is 5.32 Å². The second kappa shape index (κ2) is 6.89. The summed E-state index contributed by atoms with van der Waals surface area (Å²) in [6, 6.07) is 14.3. The third kappa shape index (κ3) is 3.44. The van der Waals surface area contributed by atoms with Gasteiger partial charge in [0.2, 0.25) is 0 Å². The van der Waals surface area contributed by atoms with Crippen molar-refractivity contribution >= 4 is 12.1 Å². The van der Waals surface area contributed by atoms with E-state index in [1.165, 1.54) is 0 Å². The van der Waals surface area contributed by atoms with E-state index in [1.54, 1.807) is 0 Å². The molecule has 1 amide bonds. The number of alkyl halides is 2. The molecule has 0 aromatic heterocycles. The highest BCUT2D eigenvalue weighted by Gasteiger charge is 2.57. The van der Waals surface area contributed by atoms with Crippen molar-refractivity contribution < 1.29 is 28.2 Å². The van der Waals surface area contributed by atoms with E-state index in [0.29, 0.717) is 0 Å². The summed E-state index contributed by atoms with van der Waals surface area (Å²) in [6.07, 6.45) is -1.58. The van der Waals surface area contributed by atoms with Crippen molar-refractivity contribution in [3.8, 4) is 11.1 Å². The smallest absolute Gasteiger partial charge is 0.407 e. The molecule has 2 atom stereocenters. The molecule has 28 heavy (non-hydrogen) atoms. The molecule has 1 fully saturated rings. The number of carboxylic acids is 1. The number of alkyl carbamates (subject to hydrolysis) is 1. The lowest BCUT2D eigenvalue weighted by atomic mass is 9.98. The zero-order chi connectivity index (χ0) is 19.9. The van der Waals surface area contributed by atoms with Crippen LogP contribution in [-0.4, -0.2) is 35.7 Å². The fraction of sp³-hybridized carbons (Fsp3) is 0.333. The first kappa shape index (κ1) is 18.4. The number of ether oxygens (including phenoxy) is 1. The van der Waals surface area contributed by atoms with Gasteiger partial charge in [-0.3, -0.25) is 0 Å². The Balaban J connectivity index is 1.41. The average molecular weight is 387 g/mol. The molecule has 1 saturated carbocycles. The molecule has 2 aliphatic rings. The second-order valence-corrected chi connectivity index (χ2v) is 7.26. The molecule has 2 aromatic rings. The number of hydrogen-bond acceptors (Lipinski definition) is 3. The predicted molar refractivity (Wildman–Crippen MR) is 97.3 cm³/mol. The van der Waals surface area contributed by atoms with Crippen LogP contribution in [0.25, 0.3) is 11.1 Å². The normalized spacial score (nSPS) is 20.0. The second-order valence-electron chi connectivity index (χ2n) is 7.26. The van der Waals surface area contributed by atoms with Gasteiger partial charge in [-0.15, -0.1) is 0 Å². The molecule has 0 bridgehead atoms. The van der Waals surface area contributed by atoms with Crippen LogP contribution >= 0.6 is 0 Å². The highest BCUT2D eigenvalue weighted by molar-refractivity contribution is 5.81. The number of rotatable bonds is 6. The summed E-state index contributed by atoms with van der Waals surface area (Å²) in [5.74, 6) is -5.36. The maximum absolute atomic E-state index is 13.1. The zero-order valence-electron chi connectivity index (χ0n) is 14.9. The van der Waals surface area contributed by atoms with Gasteiger partial charge in [0.05, 0.1) is 0 Å². The number of benzene rings is 2. The van der Waals surface area contributed by atoms with Crippen molar-refractivity contribution in [1.82, 2.24) is 5.32 Å². The van der Waals surface area contributed by atoms with Gasteiger partial charge in [-0.05, 0) is 28.7 Å². The summed E-state index contributed by atoms with van der Waals surface area (Å²) in [7, 11) is 0. The van der Waals surface area contributed by atoms with Crippen LogP contribution in [0.2, 0.25) is 0 Å². The average Bonchev–Trinajstić information content (AvgIpc) is 3.14. The van der Waals surface area contributed by atoms with Crippen LogP contribution in [0.15, 0.2) is 48.5 Å². The Bertz CT molecular complexity index is 885. The van der Waals surface area contributed by atoms with Gasteiger partial charge in [0.25, 0.3) is 5.92 Å². The molecule has 2 N–H and O–H groups in total. The highest BCUT2D eigenvalue weighted by atomic mass is 19.3. The summed E-state index contributed by atoms with van der Waals surface area (Å²) in [4.78, 5) is 23.4. The Labute approximate surface area is 160 Å². The van der Waals surface area contributed by atoms with Gasteiger partial charge < -0.3 is 15.2 Å². The molecule has 0 spiro atoms. The Morgan fingerprint density at radius 3 is 2.14 bits per heavy atom. The van der Waals surface area contributed by atoms with Crippen LogP contribution in [0.5, 0.6) is 0 Å². The maximum atomic E-state index is 13.1. The summed E-state index contributed by atoms with van der Waals surface area (Å²) in [5, 5.41) is 11.4. The summed E-state index contributed by atoms with van der Waals surface area (Å²) >= 11 is 0. The molecule has 4 rings (SSSR count). The lowest BCUT2D eigenvalue weighted by molar-refractivity contribution is -0.139. The Morgan fingerprint density at radius 2 is 1.64 bits per heavy atom. The summed E-state index contributed by atoms with van der Waals surface area (Å²) < 4.78 is 31.4. The lowest BCUT2D eigenvalue weighted by Crippen LogP contribution is -2.42. The van der Waals surface area contributed by atoms with Gasteiger partial charge in [0.15, 0.2) is 0 Å². The Hall–Kier alpha value is -2.96. The molecule has 5 nitrogen and oxygen atoms in total. The number of carboxylic acid groups (broad SMARTS) is 1. The van der Waals surface area contributed by atoms with Crippen LogP contribution in [0.1, 0.15) is 29.9 Å². The minimum absolute atomic E-state index is 0.0335. The fourth-order valence-corrected chi connectivity index (χ4v) is 3.81. The maximum Gasteiger partial charge on any atom is 0.407 e. The first-order chi connectivity index (χ1) is 13.4. The van der Waals surface area contributed by atoms with Crippen molar-refractivity contribution in [3.05, 3.63) is 59.7 Å². The first-order valence-electron chi connectivity index (χ1n) is 9.09. The zero-order valence-corrected chi connectivity index (χ0v) is 14.9. The number of carbonyl (C=O) groups is 2. The number of carbonyl (C=O) groups excluding carboxylic acids is 1. The van der Waals surface area contributed by atoms with E-state index in [2.05, 4.69) is 5.32 Å². The summed E-state index contributed by atoms with van der Waals surface area (Å²) in [5.41, 5.74) is 4.21. The third-order valence-corrected chi connectivity index (χ3v) is 5.41. The number of hydrogen-bond donors (Lipinski definition) is 2. The largest absolute Gasteiger partial charge is 0.480 e. The van der Waals surface area contributed by atoms with Gasteiger partial charge in [-0.25, -0.2) is 18.4 Å². The molecule has 7 heteroatoms. The van der Waals surface area contributed by atoms with E-state index >= 15 is 0 Å². The van der Waals surface area contributed by atoms with E-state index in [-0.39, 0.29) is 25.4 Å². The SMILES string of the molecule is O=C(NC(CC1CC1(F)F)C(=O)O)OCC1c2ccccc2-c2ccccc21. The van der Waals surface area contributed by atoms with E-state index in [1.807, 2.05) is 48.5 Å². The van der Waals surface area contributed by atoms with E-state index < -0.39 is 29.9 Å². The van der Waals surface area contributed by atoms with Gasteiger partial charge in [-0.2, -0.15) is 0 Å². The van der Waals surface area contributed by atoms with Crippen molar-refractivity contribution in [2.75, 3.05) is 6.61 Å². The molecule has 0 saturated heterocycles. The molecular formula is C21H19F2NO4. The Kier molecular flexibility index (Phi) is 4.53. The van der Waals surface area contributed by atoms with Gasteiger partial charge in [0.1, 0.15) is 12.6 Å². The third-order valence-electron chi connectivity index (χ3n) is 5.41. The molecule has 2 aromatic carbocycles. The van der Waals surface area contributed by atoms with Gasteiger partial charge in [-0.1, -0.05) is 48.5 Å². The molecule has 2 aliphatic carbocycles. The molecule has 2 unspecified atom stereocenters. The van der Waals surface area contributed by atoms with E-state index in [9.17, 15) is 23.5 Å². The summed E-state index contributed by atoms with van der Waals surface area (Å²) in [6.45, 7) is 0.0335. The molecular weight excluding hydrogens is 368 g/mol. The minimum Gasteiger partial charge on any atom is -0.480 e. The number of aliphatic carboxylic acids is 1. The first-order valence-corrected chi connectivity index (χ1v) is 9.09. The molecule has 0 radical (unpaired) electrons. The van der Waals surface area contributed by atoms with Gasteiger partial charge >= 0.3 is 12.1 Å². The molecule has 0 heterocycles. The highest BCUT2D eigenvalue weighted by Crippen LogP contribution is 2.51.